The third kappa shape index (κ3) is 6.06. The Morgan fingerprint density at radius 2 is 2.03 bits per heavy atom. The molecule has 7 heteroatoms. The van der Waals surface area contributed by atoms with E-state index in [1.54, 1.807) is 0 Å². The molecule has 0 saturated heterocycles. The minimum Gasteiger partial charge on any atom is -0.491 e. The second kappa shape index (κ2) is 10.1. The van der Waals surface area contributed by atoms with Crippen molar-refractivity contribution in [2.45, 2.75) is 26.2 Å². The number of hydrogen-bond acceptors (Lipinski definition) is 3. The molecule has 2 aromatic carbocycles. The van der Waals surface area contributed by atoms with Crippen molar-refractivity contribution < 1.29 is 13.9 Å². The number of benzene rings is 2. The Morgan fingerprint density at radius 3 is 2.79 bits per heavy atom. The molecule has 152 valence electrons. The Balaban J connectivity index is 1.37. The first kappa shape index (κ1) is 20.9. The van der Waals surface area contributed by atoms with Crippen LogP contribution < -0.4 is 10.1 Å². The van der Waals surface area contributed by atoms with Crippen LogP contribution in [0, 0.1) is 12.7 Å². The topological polar surface area (TPSA) is 56.2 Å². The molecule has 5 nitrogen and oxygen atoms in total. The summed E-state index contributed by atoms with van der Waals surface area (Å²) in [4.78, 5) is 11.9. The van der Waals surface area contributed by atoms with E-state index in [0.29, 0.717) is 12.3 Å². The number of nitrogens with one attached hydrogen (secondary N) is 1. The van der Waals surface area contributed by atoms with Crippen molar-refractivity contribution in [1.82, 2.24) is 15.1 Å². The summed E-state index contributed by atoms with van der Waals surface area (Å²) in [5.41, 5.74) is 3.18. The molecule has 3 rings (SSSR count). The standard InChI is InChI=1S/C22H23ClFN3O2/c1-16-17(15-27(26-16)19-7-3-2-4-8-19)6-5-12-25-22(28)11-13-29-21-10-9-18(24)14-20(21)23/h2-4,7-10,14-15H,5-6,11-13H2,1H3,(H,25,28). The molecule has 1 heterocycles. The number of rotatable bonds is 9. The summed E-state index contributed by atoms with van der Waals surface area (Å²) in [5, 5.41) is 7.63. The van der Waals surface area contributed by atoms with Crippen molar-refractivity contribution in [2.24, 2.45) is 0 Å². The first-order valence-corrected chi connectivity index (χ1v) is 9.86. The Kier molecular flexibility index (Phi) is 7.25. The molecule has 0 bridgehead atoms. The lowest BCUT2D eigenvalue weighted by molar-refractivity contribution is -0.121. The molecule has 0 radical (unpaired) electrons. The van der Waals surface area contributed by atoms with E-state index >= 15 is 0 Å². The zero-order valence-corrected chi connectivity index (χ0v) is 17.0. The van der Waals surface area contributed by atoms with Gasteiger partial charge in [0, 0.05) is 12.7 Å². The fraction of sp³-hybridized carbons (Fsp3) is 0.273. The number of aromatic nitrogens is 2. The lowest BCUT2D eigenvalue weighted by Crippen LogP contribution is -2.26. The molecule has 0 fully saturated rings. The number of ether oxygens (including phenoxy) is 1. The second-order valence-electron chi connectivity index (χ2n) is 6.65. The maximum absolute atomic E-state index is 13.0. The van der Waals surface area contributed by atoms with Crippen LogP contribution >= 0.6 is 11.6 Å². The van der Waals surface area contributed by atoms with E-state index in [2.05, 4.69) is 10.4 Å². The number of amides is 1. The van der Waals surface area contributed by atoms with Gasteiger partial charge in [0.1, 0.15) is 11.6 Å². The molecule has 0 aliphatic carbocycles. The highest BCUT2D eigenvalue weighted by atomic mass is 35.5. The maximum atomic E-state index is 13.0. The molecule has 0 saturated carbocycles. The summed E-state index contributed by atoms with van der Waals surface area (Å²) >= 11 is 5.89. The van der Waals surface area contributed by atoms with Crippen LogP contribution in [0.3, 0.4) is 0 Å². The van der Waals surface area contributed by atoms with Crippen molar-refractivity contribution in [3.63, 3.8) is 0 Å². The quantitative estimate of drug-likeness (QED) is 0.524. The van der Waals surface area contributed by atoms with Gasteiger partial charge in [0.05, 0.1) is 29.4 Å². The summed E-state index contributed by atoms with van der Waals surface area (Å²) in [6.45, 7) is 2.75. The summed E-state index contributed by atoms with van der Waals surface area (Å²) in [5.74, 6) is -0.156. The molecule has 1 amide bonds. The maximum Gasteiger partial charge on any atom is 0.223 e. The van der Waals surface area contributed by atoms with Gasteiger partial charge >= 0.3 is 0 Å². The number of para-hydroxylation sites is 1. The zero-order chi connectivity index (χ0) is 20.6. The van der Waals surface area contributed by atoms with Crippen LogP contribution in [0.15, 0.2) is 54.7 Å². The average Bonchev–Trinajstić information content (AvgIpc) is 3.08. The Labute approximate surface area is 174 Å². The van der Waals surface area contributed by atoms with E-state index in [9.17, 15) is 9.18 Å². The largest absolute Gasteiger partial charge is 0.491 e. The van der Waals surface area contributed by atoms with Gasteiger partial charge in [0.2, 0.25) is 5.91 Å². The molecule has 29 heavy (non-hydrogen) atoms. The fourth-order valence-corrected chi connectivity index (χ4v) is 3.12. The van der Waals surface area contributed by atoms with Crippen LogP contribution in [-0.4, -0.2) is 28.8 Å². The third-order valence-corrected chi connectivity index (χ3v) is 4.74. The number of carbonyl (C=O) groups is 1. The average molecular weight is 416 g/mol. The minimum atomic E-state index is -0.426. The van der Waals surface area contributed by atoms with Gasteiger partial charge in [0.15, 0.2) is 0 Å². The Bertz CT molecular complexity index is 960. The monoisotopic (exact) mass is 415 g/mol. The highest BCUT2D eigenvalue weighted by Crippen LogP contribution is 2.24. The highest BCUT2D eigenvalue weighted by Gasteiger charge is 2.08. The van der Waals surface area contributed by atoms with Crippen LogP contribution in [0.5, 0.6) is 5.75 Å². The van der Waals surface area contributed by atoms with E-state index < -0.39 is 5.82 Å². The van der Waals surface area contributed by atoms with E-state index in [0.717, 1.165) is 29.8 Å². The van der Waals surface area contributed by atoms with Gasteiger partial charge in [-0.15, -0.1) is 0 Å². The van der Waals surface area contributed by atoms with Crippen molar-refractivity contribution in [3.8, 4) is 11.4 Å². The first-order valence-electron chi connectivity index (χ1n) is 9.48. The SMILES string of the molecule is Cc1nn(-c2ccccc2)cc1CCCNC(=O)CCOc1ccc(F)cc1Cl. The van der Waals surface area contributed by atoms with Crippen LogP contribution in [-0.2, 0) is 11.2 Å². The molecule has 1 N–H and O–H groups in total. The van der Waals surface area contributed by atoms with E-state index in [1.165, 1.54) is 18.2 Å². The number of aryl methyl sites for hydroxylation is 2. The molecular weight excluding hydrogens is 393 g/mol. The van der Waals surface area contributed by atoms with Crippen molar-refractivity contribution >= 4 is 17.5 Å². The molecule has 3 aromatic rings. The lowest BCUT2D eigenvalue weighted by atomic mass is 10.1. The van der Waals surface area contributed by atoms with Crippen LogP contribution in [0.25, 0.3) is 5.69 Å². The van der Waals surface area contributed by atoms with Crippen LogP contribution in [0.1, 0.15) is 24.1 Å². The number of hydrogen-bond donors (Lipinski definition) is 1. The van der Waals surface area contributed by atoms with Crippen molar-refractivity contribution in [2.75, 3.05) is 13.2 Å². The van der Waals surface area contributed by atoms with Gasteiger partial charge in [-0.1, -0.05) is 29.8 Å². The number of nitrogens with zero attached hydrogens (tertiary/aromatic N) is 2. The number of carbonyl (C=O) groups excluding carboxylic acids is 1. The van der Waals surface area contributed by atoms with Gasteiger partial charge in [-0.25, -0.2) is 9.07 Å². The molecule has 1 aromatic heterocycles. The molecule has 0 aliphatic rings. The lowest BCUT2D eigenvalue weighted by Gasteiger charge is -2.08. The predicted molar refractivity (Wildman–Crippen MR) is 111 cm³/mol. The van der Waals surface area contributed by atoms with E-state index in [-0.39, 0.29) is 24.0 Å². The Morgan fingerprint density at radius 1 is 1.24 bits per heavy atom. The van der Waals surface area contributed by atoms with Crippen molar-refractivity contribution in [3.05, 3.63) is 76.8 Å². The molecule has 0 aliphatic heterocycles. The molecular formula is C22H23ClFN3O2. The van der Waals surface area contributed by atoms with Gasteiger partial charge < -0.3 is 10.1 Å². The zero-order valence-electron chi connectivity index (χ0n) is 16.2. The number of halogens is 2. The van der Waals surface area contributed by atoms with Gasteiger partial charge in [0.25, 0.3) is 0 Å². The second-order valence-corrected chi connectivity index (χ2v) is 7.05. The molecule has 0 unspecified atom stereocenters. The van der Waals surface area contributed by atoms with Gasteiger partial charge in [-0.2, -0.15) is 5.10 Å². The predicted octanol–water partition coefficient (Wildman–Crippen LogP) is 4.49. The molecule has 0 spiro atoms. The highest BCUT2D eigenvalue weighted by molar-refractivity contribution is 6.32. The normalized spacial score (nSPS) is 10.7. The third-order valence-electron chi connectivity index (χ3n) is 4.45. The molecule has 0 atom stereocenters. The summed E-state index contributed by atoms with van der Waals surface area (Å²) in [6.07, 6.45) is 3.89. The summed E-state index contributed by atoms with van der Waals surface area (Å²) in [6, 6.07) is 13.9. The van der Waals surface area contributed by atoms with E-state index in [4.69, 9.17) is 16.3 Å². The van der Waals surface area contributed by atoms with Crippen molar-refractivity contribution in [1.29, 1.82) is 0 Å². The Hall–Kier alpha value is -2.86. The van der Waals surface area contributed by atoms with Gasteiger partial charge in [-0.05, 0) is 55.7 Å². The van der Waals surface area contributed by atoms with Gasteiger partial charge in [-0.3, -0.25) is 4.79 Å². The summed E-state index contributed by atoms with van der Waals surface area (Å²) < 4.78 is 20.3. The smallest absolute Gasteiger partial charge is 0.223 e. The fourth-order valence-electron chi connectivity index (χ4n) is 2.90. The summed E-state index contributed by atoms with van der Waals surface area (Å²) in [7, 11) is 0. The first-order chi connectivity index (χ1) is 14.0. The van der Waals surface area contributed by atoms with Crippen LogP contribution in [0.2, 0.25) is 5.02 Å². The van der Waals surface area contributed by atoms with E-state index in [1.807, 2.05) is 48.1 Å². The van der Waals surface area contributed by atoms with Crippen LogP contribution in [0.4, 0.5) is 4.39 Å². The minimum absolute atomic E-state index is 0.0973.